The van der Waals surface area contributed by atoms with Crippen molar-refractivity contribution in [3.8, 4) is 0 Å². The quantitative estimate of drug-likeness (QED) is 0.504. The van der Waals surface area contributed by atoms with E-state index in [1.807, 2.05) is 31.3 Å². The molecule has 1 aromatic carbocycles. The molecule has 0 bridgehead atoms. The molecule has 2 heterocycles. The molecule has 2 aromatic heterocycles. The maximum Gasteiger partial charge on any atom is 0.310 e. The van der Waals surface area contributed by atoms with Crippen LogP contribution in [0.3, 0.4) is 0 Å². The second kappa shape index (κ2) is 7.74. The molecule has 0 amide bonds. The Labute approximate surface area is 139 Å². The van der Waals surface area contributed by atoms with Gasteiger partial charge in [-0.2, -0.15) is 5.10 Å². The maximum atomic E-state index is 12.0. The zero-order valence-electron chi connectivity index (χ0n) is 13.6. The molecule has 0 saturated heterocycles. The van der Waals surface area contributed by atoms with Gasteiger partial charge in [0.05, 0.1) is 26.2 Å². The number of benzene rings is 1. The van der Waals surface area contributed by atoms with E-state index in [1.54, 1.807) is 11.0 Å². The van der Waals surface area contributed by atoms with E-state index >= 15 is 0 Å². The highest BCUT2D eigenvalue weighted by atomic mass is 16.6. The van der Waals surface area contributed by atoms with Gasteiger partial charge in [-0.1, -0.05) is 12.1 Å². The molecule has 1 N–H and O–H groups in total. The summed E-state index contributed by atoms with van der Waals surface area (Å²) in [5.74, 6) is -0.251. The number of aromatic nitrogens is 4. The molecule has 0 atom stereocenters. The number of carbonyl (C=O) groups is 1. The first-order chi connectivity index (χ1) is 11.7. The van der Waals surface area contributed by atoms with Gasteiger partial charge >= 0.3 is 5.97 Å². The molecule has 0 aliphatic heterocycles. The molecule has 0 saturated carbocycles. The van der Waals surface area contributed by atoms with Crippen molar-refractivity contribution in [2.24, 2.45) is 0 Å². The van der Waals surface area contributed by atoms with E-state index in [2.05, 4.69) is 15.1 Å². The molecule has 3 aromatic rings. The van der Waals surface area contributed by atoms with Crippen LogP contribution in [-0.4, -0.2) is 45.5 Å². The van der Waals surface area contributed by atoms with Gasteiger partial charge < -0.3 is 14.5 Å². The third-order valence-corrected chi connectivity index (χ3v) is 3.75. The average molecular weight is 328 g/mol. The largest absolute Gasteiger partial charge is 0.463 e. The predicted molar refractivity (Wildman–Crippen MR) is 88.5 cm³/mol. The molecule has 0 fully saturated rings. The number of rotatable bonds is 8. The molecule has 0 aliphatic rings. The van der Waals surface area contributed by atoms with Gasteiger partial charge in [-0.15, -0.1) is 0 Å². The molecule has 7 heteroatoms. The Morgan fingerprint density at radius 2 is 2.21 bits per heavy atom. The van der Waals surface area contributed by atoms with Gasteiger partial charge in [0.1, 0.15) is 19.3 Å². The molecule has 0 aliphatic carbocycles. The summed E-state index contributed by atoms with van der Waals surface area (Å²) in [6.45, 7) is 3.78. The van der Waals surface area contributed by atoms with Crippen molar-refractivity contribution in [1.29, 1.82) is 0 Å². The molecule has 126 valence electrons. The fourth-order valence-corrected chi connectivity index (χ4v) is 2.62. The van der Waals surface area contributed by atoms with Crippen LogP contribution in [0.5, 0.6) is 0 Å². The molecule has 3 rings (SSSR count). The van der Waals surface area contributed by atoms with Crippen molar-refractivity contribution in [2.75, 3.05) is 19.8 Å². The lowest BCUT2D eigenvalue weighted by Gasteiger charge is -2.06. The Bertz CT molecular complexity index is 795. The van der Waals surface area contributed by atoms with E-state index in [4.69, 9.17) is 9.47 Å². The van der Waals surface area contributed by atoms with Crippen LogP contribution in [0, 0.1) is 6.92 Å². The number of hydrogen-bond donors (Lipinski definition) is 1. The summed E-state index contributed by atoms with van der Waals surface area (Å²) in [5, 5.41) is 5.07. The van der Waals surface area contributed by atoms with E-state index in [9.17, 15) is 4.79 Å². The Hall–Kier alpha value is -2.67. The number of ether oxygens (including phenoxy) is 2. The number of fused-ring (bicyclic) bond motifs is 1. The molecule has 24 heavy (non-hydrogen) atoms. The minimum absolute atomic E-state index is 0.248. The van der Waals surface area contributed by atoms with Crippen molar-refractivity contribution < 1.29 is 14.3 Å². The number of nitrogens with zero attached hydrogens (tertiary/aromatic N) is 3. The number of H-pyrrole nitrogens is 1. The number of nitrogens with one attached hydrogen (secondary N) is 1. The first-order valence-corrected chi connectivity index (χ1v) is 7.85. The van der Waals surface area contributed by atoms with Crippen molar-refractivity contribution in [3.63, 3.8) is 0 Å². The van der Waals surface area contributed by atoms with Gasteiger partial charge in [-0.25, -0.2) is 4.98 Å². The van der Waals surface area contributed by atoms with E-state index in [-0.39, 0.29) is 19.0 Å². The first-order valence-electron chi connectivity index (χ1n) is 7.85. The molecular formula is C17H20N4O3. The number of aryl methyl sites for hydroxylation is 1. The predicted octanol–water partition coefficient (Wildman–Crippen LogP) is 1.87. The fraction of sp³-hybridized carbons (Fsp3) is 0.353. The van der Waals surface area contributed by atoms with Gasteiger partial charge in [-0.05, 0) is 24.1 Å². The Balaban J connectivity index is 1.39. The van der Waals surface area contributed by atoms with Crippen LogP contribution >= 0.6 is 0 Å². The highest BCUT2D eigenvalue weighted by Gasteiger charge is 2.11. The molecular weight excluding hydrogens is 308 g/mol. The van der Waals surface area contributed by atoms with Gasteiger partial charge in [0.2, 0.25) is 0 Å². The minimum Gasteiger partial charge on any atom is -0.463 e. The lowest BCUT2D eigenvalue weighted by molar-refractivity contribution is -0.144. The van der Waals surface area contributed by atoms with Crippen molar-refractivity contribution in [1.82, 2.24) is 19.7 Å². The van der Waals surface area contributed by atoms with E-state index in [0.717, 1.165) is 22.0 Å². The van der Waals surface area contributed by atoms with Crippen LogP contribution in [0.15, 0.2) is 37.1 Å². The Morgan fingerprint density at radius 3 is 3.04 bits per heavy atom. The summed E-state index contributed by atoms with van der Waals surface area (Å²) in [7, 11) is 0. The zero-order valence-corrected chi connectivity index (χ0v) is 13.6. The second-order valence-corrected chi connectivity index (χ2v) is 5.48. The summed E-state index contributed by atoms with van der Waals surface area (Å²) in [6, 6.07) is 6.03. The second-order valence-electron chi connectivity index (χ2n) is 5.48. The SMILES string of the molecule is Cc1cccc2[nH]cc(CC(=O)OCCOCCn3cncn3)c12. The van der Waals surface area contributed by atoms with Crippen LogP contribution in [-0.2, 0) is 27.2 Å². The van der Waals surface area contributed by atoms with Gasteiger partial charge in [0.15, 0.2) is 0 Å². The summed E-state index contributed by atoms with van der Waals surface area (Å²) >= 11 is 0. The standard InChI is InChI=1S/C17H20N4O3/c1-13-3-2-4-15-17(13)14(10-19-15)9-16(22)24-8-7-23-6-5-21-12-18-11-20-21/h2-4,10-12,19H,5-9H2,1H3. The maximum absolute atomic E-state index is 12.0. The summed E-state index contributed by atoms with van der Waals surface area (Å²) in [6.07, 6.45) is 5.23. The minimum atomic E-state index is -0.251. The van der Waals surface area contributed by atoms with Gasteiger partial charge in [-0.3, -0.25) is 9.48 Å². The number of esters is 1. The lowest BCUT2D eigenvalue weighted by atomic mass is 10.1. The van der Waals surface area contributed by atoms with Crippen molar-refractivity contribution in [2.45, 2.75) is 19.9 Å². The summed E-state index contributed by atoms with van der Waals surface area (Å²) in [5.41, 5.74) is 3.14. The van der Waals surface area contributed by atoms with Crippen LogP contribution in [0.25, 0.3) is 10.9 Å². The topological polar surface area (TPSA) is 82.0 Å². The smallest absolute Gasteiger partial charge is 0.310 e. The first kappa shape index (κ1) is 16.2. The monoisotopic (exact) mass is 328 g/mol. The van der Waals surface area contributed by atoms with Crippen molar-refractivity contribution in [3.05, 3.63) is 48.2 Å². The van der Waals surface area contributed by atoms with E-state index < -0.39 is 0 Å². The fourth-order valence-electron chi connectivity index (χ4n) is 2.62. The number of hydrogen-bond acceptors (Lipinski definition) is 5. The molecule has 0 spiro atoms. The molecule has 0 unspecified atom stereocenters. The Kier molecular flexibility index (Phi) is 5.22. The van der Waals surface area contributed by atoms with Gasteiger partial charge in [0.25, 0.3) is 0 Å². The number of aromatic amines is 1. The highest BCUT2D eigenvalue weighted by Crippen LogP contribution is 2.22. The van der Waals surface area contributed by atoms with Crippen LogP contribution in [0.4, 0.5) is 0 Å². The summed E-state index contributed by atoms with van der Waals surface area (Å²) < 4.78 is 12.3. The third-order valence-electron chi connectivity index (χ3n) is 3.75. The van der Waals surface area contributed by atoms with E-state index in [0.29, 0.717) is 19.8 Å². The third kappa shape index (κ3) is 3.99. The molecule has 0 radical (unpaired) electrons. The highest BCUT2D eigenvalue weighted by molar-refractivity contribution is 5.89. The van der Waals surface area contributed by atoms with Crippen LogP contribution in [0.1, 0.15) is 11.1 Å². The lowest BCUT2D eigenvalue weighted by Crippen LogP contribution is -2.14. The van der Waals surface area contributed by atoms with Crippen LogP contribution in [0.2, 0.25) is 0 Å². The Morgan fingerprint density at radius 1 is 1.29 bits per heavy atom. The van der Waals surface area contributed by atoms with E-state index in [1.165, 1.54) is 6.33 Å². The average Bonchev–Trinajstić information content (AvgIpc) is 3.21. The van der Waals surface area contributed by atoms with Gasteiger partial charge in [0, 0.05) is 17.1 Å². The molecule has 7 nitrogen and oxygen atoms in total. The zero-order chi connectivity index (χ0) is 16.8. The summed E-state index contributed by atoms with van der Waals surface area (Å²) in [4.78, 5) is 19.0. The normalized spacial score (nSPS) is 11.0. The van der Waals surface area contributed by atoms with Crippen LogP contribution < -0.4 is 0 Å². The number of carbonyl (C=O) groups excluding carboxylic acids is 1. The van der Waals surface area contributed by atoms with Crippen molar-refractivity contribution >= 4 is 16.9 Å².